The number of nitrogens with one attached hydrogen (secondary N) is 2. The van der Waals surface area contributed by atoms with Crippen LogP contribution in [0.5, 0.6) is 5.75 Å². The zero-order chi connectivity index (χ0) is 21.5. The number of benzene rings is 2. The van der Waals surface area contributed by atoms with Crippen molar-refractivity contribution in [3.63, 3.8) is 0 Å². The standard InChI is InChI=1S/C20H13ClFN3O4S/c21-14-10-13(7-8-15(14)22)24-18(26)19(27)25-23-11-12-4-1-2-5-16(12)29-20(28)17-6-3-9-30-17/h1-11H,(H,24,26)(H,25,27)/b23-11+. The third-order valence-corrected chi connectivity index (χ3v) is 4.74. The van der Waals surface area contributed by atoms with Crippen molar-refractivity contribution in [2.75, 3.05) is 5.32 Å². The first-order valence-electron chi connectivity index (χ1n) is 8.38. The van der Waals surface area contributed by atoms with Gasteiger partial charge in [-0.25, -0.2) is 14.6 Å². The fourth-order valence-corrected chi connectivity index (χ4v) is 2.98. The number of amides is 2. The van der Waals surface area contributed by atoms with Crippen molar-refractivity contribution in [1.82, 2.24) is 5.43 Å². The lowest BCUT2D eigenvalue weighted by Crippen LogP contribution is -2.32. The van der Waals surface area contributed by atoms with Gasteiger partial charge in [0.15, 0.2) is 0 Å². The highest BCUT2D eigenvalue weighted by atomic mass is 35.5. The Bertz CT molecular complexity index is 1120. The summed E-state index contributed by atoms with van der Waals surface area (Å²) < 4.78 is 18.5. The van der Waals surface area contributed by atoms with E-state index in [1.54, 1.807) is 41.8 Å². The van der Waals surface area contributed by atoms with E-state index in [1.807, 2.05) is 0 Å². The van der Waals surface area contributed by atoms with E-state index in [0.717, 1.165) is 6.07 Å². The van der Waals surface area contributed by atoms with E-state index >= 15 is 0 Å². The van der Waals surface area contributed by atoms with Gasteiger partial charge in [-0.2, -0.15) is 5.10 Å². The molecule has 0 aliphatic carbocycles. The first-order valence-corrected chi connectivity index (χ1v) is 9.64. The molecule has 1 heterocycles. The van der Waals surface area contributed by atoms with E-state index in [-0.39, 0.29) is 16.5 Å². The number of rotatable bonds is 5. The molecule has 0 saturated carbocycles. The SMILES string of the molecule is O=C(N/N=C/c1ccccc1OC(=O)c1cccs1)C(=O)Nc1ccc(F)c(Cl)c1. The van der Waals surface area contributed by atoms with Crippen LogP contribution in [0, 0.1) is 5.82 Å². The molecule has 0 spiro atoms. The second kappa shape index (κ2) is 9.77. The Balaban J connectivity index is 1.60. The molecule has 0 bridgehead atoms. The molecule has 3 aromatic rings. The van der Waals surface area contributed by atoms with Gasteiger partial charge in [-0.15, -0.1) is 11.3 Å². The Morgan fingerprint density at radius 2 is 1.87 bits per heavy atom. The summed E-state index contributed by atoms with van der Waals surface area (Å²) in [7, 11) is 0. The highest BCUT2D eigenvalue weighted by Gasteiger charge is 2.14. The number of anilines is 1. The molecule has 7 nitrogen and oxygen atoms in total. The molecule has 0 atom stereocenters. The minimum atomic E-state index is -1.06. The number of carbonyl (C=O) groups is 3. The third-order valence-electron chi connectivity index (χ3n) is 3.60. The van der Waals surface area contributed by atoms with Crippen LogP contribution in [-0.2, 0) is 9.59 Å². The van der Waals surface area contributed by atoms with Crippen molar-refractivity contribution in [2.24, 2.45) is 5.10 Å². The summed E-state index contributed by atoms with van der Waals surface area (Å²) in [5.41, 5.74) is 2.62. The molecule has 1 aromatic heterocycles. The van der Waals surface area contributed by atoms with Gasteiger partial charge < -0.3 is 10.1 Å². The third kappa shape index (κ3) is 5.49. The molecule has 0 saturated heterocycles. The zero-order valence-electron chi connectivity index (χ0n) is 15.1. The fraction of sp³-hybridized carbons (Fsp3) is 0. The van der Waals surface area contributed by atoms with Gasteiger partial charge in [-0.1, -0.05) is 29.8 Å². The summed E-state index contributed by atoms with van der Waals surface area (Å²) in [5, 5.41) is 7.53. The van der Waals surface area contributed by atoms with Gasteiger partial charge in [-0.3, -0.25) is 9.59 Å². The number of para-hydroxylation sites is 1. The predicted molar refractivity (Wildman–Crippen MR) is 111 cm³/mol. The molecule has 0 fully saturated rings. The van der Waals surface area contributed by atoms with E-state index in [2.05, 4.69) is 15.8 Å². The number of hydrogen-bond acceptors (Lipinski definition) is 6. The van der Waals surface area contributed by atoms with Crippen molar-refractivity contribution >= 4 is 52.6 Å². The zero-order valence-corrected chi connectivity index (χ0v) is 16.7. The topological polar surface area (TPSA) is 96.9 Å². The van der Waals surface area contributed by atoms with E-state index in [4.69, 9.17) is 16.3 Å². The van der Waals surface area contributed by atoms with Crippen LogP contribution in [0.3, 0.4) is 0 Å². The van der Waals surface area contributed by atoms with Gasteiger partial charge in [0.25, 0.3) is 0 Å². The molecule has 2 amide bonds. The lowest BCUT2D eigenvalue weighted by atomic mass is 10.2. The number of ether oxygens (including phenoxy) is 1. The van der Waals surface area contributed by atoms with Crippen LogP contribution in [0.25, 0.3) is 0 Å². The van der Waals surface area contributed by atoms with Crippen LogP contribution < -0.4 is 15.5 Å². The Kier molecular flexibility index (Phi) is 6.89. The van der Waals surface area contributed by atoms with Gasteiger partial charge in [0.2, 0.25) is 0 Å². The van der Waals surface area contributed by atoms with E-state index in [1.165, 1.54) is 29.7 Å². The molecule has 0 unspecified atom stereocenters. The molecular weight excluding hydrogens is 433 g/mol. The van der Waals surface area contributed by atoms with E-state index < -0.39 is 23.6 Å². The second-order valence-electron chi connectivity index (χ2n) is 5.69. The largest absolute Gasteiger partial charge is 0.422 e. The molecule has 30 heavy (non-hydrogen) atoms. The van der Waals surface area contributed by atoms with Crippen LogP contribution in [0.2, 0.25) is 5.02 Å². The van der Waals surface area contributed by atoms with Crippen LogP contribution in [-0.4, -0.2) is 24.0 Å². The Hall–Kier alpha value is -3.56. The Morgan fingerprint density at radius 3 is 2.60 bits per heavy atom. The summed E-state index contributed by atoms with van der Waals surface area (Å²) in [5.74, 6) is -3.01. The van der Waals surface area contributed by atoms with Crippen LogP contribution in [0.1, 0.15) is 15.2 Å². The highest BCUT2D eigenvalue weighted by molar-refractivity contribution is 7.12. The van der Waals surface area contributed by atoms with Crippen molar-refractivity contribution in [2.45, 2.75) is 0 Å². The minimum absolute atomic E-state index is 0.149. The van der Waals surface area contributed by atoms with Gasteiger partial charge in [0.1, 0.15) is 16.4 Å². The number of hydrogen-bond donors (Lipinski definition) is 2. The predicted octanol–water partition coefficient (Wildman–Crippen LogP) is 3.85. The number of esters is 1. The molecule has 3 rings (SSSR count). The second-order valence-corrected chi connectivity index (χ2v) is 7.04. The molecule has 2 aromatic carbocycles. The maximum atomic E-state index is 13.1. The molecule has 0 aliphatic rings. The van der Waals surface area contributed by atoms with E-state index in [9.17, 15) is 18.8 Å². The minimum Gasteiger partial charge on any atom is -0.422 e. The fourth-order valence-electron chi connectivity index (χ4n) is 2.20. The van der Waals surface area contributed by atoms with Crippen LogP contribution >= 0.6 is 22.9 Å². The molecule has 2 N–H and O–H groups in total. The molecule has 0 radical (unpaired) electrons. The van der Waals surface area contributed by atoms with Crippen molar-refractivity contribution in [3.8, 4) is 5.75 Å². The summed E-state index contributed by atoms with van der Waals surface area (Å²) in [4.78, 5) is 36.3. The Labute approximate surface area is 179 Å². The summed E-state index contributed by atoms with van der Waals surface area (Å²) in [6.07, 6.45) is 1.23. The first-order chi connectivity index (χ1) is 14.4. The van der Waals surface area contributed by atoms with Gasteiger partial charge >= 0.3 is 17.8 Å². The lowest BCUT2D eigenvalue weighted by molar-refractivity contribution is -0.136. The molecule has 10 heteroatoms. The summed E-state index contributed by atoms with van der Waals surface area (Å²) >= 11 is 6.87. The van der Waals surface area contributed by atoms with Crippen molar-refractivity contribution < 1.29 is 23.5 Å². The molecular formula is C20H13ClFN3O4S. The lowest BCUT2D eigenvalue weighted by Gasteiger charge is -2.06. The van der Waals surface area contributed by atoms with Crippen molar-refractivity contribution in [3.05, 3.63) is 81.3 Å². The number of halogens is 2. The highest BCUT2D eigenvalue weighted by Crippen LogP contribution is 2.20. The quantitative estimate of drug-likeness (QED) is 0.205. The normalized spacial score (nSPS) is 10.6. The average molecular weight is 446 g/mol. The number of hydrazone groups is 1. The van der Waals surface area contributed by atoms with Crippen LogP contribution in [0.15, 0.2) is 65.1 Å². The smallest absolute Gasteiger partial charge is 0.353 e. The number of carbonyl (C=O) groups excluding carboxylic acids is 3. The van der Waals surface area contributed by atoms with E-state index in [0.29, 0.717) is 10.4 Å². The average Bonchev–Trinajstić information content (AvgIpc) is 3.27. The van der Waals surface area contributed by atoms with Gasteiger partial charge in [0.05, 0.1) is 11.2 Å². The Morgan fingerprint density at radius 1 is 1.07 bits per heavy atom. The maximum absolute atomic E-state index is 13.1. The van der Waals surface area contributed by atoms with Gasteiger partial charge in [0, 0.05) is 11.3 Å². The molecule has 0 aliphatic heterocycles. The van der Waals surface area contributed by atoms with Gasteiger partial charge in [-0.05, 0) is 41.8 Å². The number of nitrogens with zero attached hydrogens (tertiary/aromatic N) is 1. The summed E-state index contributed by atoms with van der Waals surface area (Å²) in [6, 6.07) is 13.4. The van der Waals surface area contributed by atoms with Crippen LogP contribution in [0.4, 0.5) is 10.1 Å². The maximum Gasteiger partial charge on any atom is 0.353 e. The van der Waals surface area contributed by atoms with Crippen molar-refractivity contribution in [1.29, 1.82) is 0 Å². The monoisotopic (exact) mass is 445 g/mol. The number of thiophene rings is 1. The molecule has 152 valence electrons. The first kappa shape index (κ1) is 21.2. The summed E-state index contributed by atoms with van der Waals surface area (Å²) in [6.45, 7) is 0.